The van der Waals surface area contributed by atoms with Gasteiger partial charge in [0.25, 0.3) is 0 Å². The van der Waals surface area contributed by atoms with E-state index in [4.69, 9.17) is 14.2 Å². The van der Waals surface area contributed by atoms with Crippen LogP contribution in [0.3, 0.4) is 0 Å². The fraction of sp³-hybridized carbons (Fsp3) is 0.754. The maximum absolute atomic E-state index is 12.8. The average molecular weight is 865 g/mol. The molecule has 0 heterocycles. The van der Waals surface area contributed by atoms with E-state index >= 15 is 0 Å². The molecule has 1 atom stereocenters. The number of hydrogen-bond donors (Lipinski definition) is 0. The molecule has 0 aliphatic heterocycles. The first-order chi connectivity index (χ1) is 30.6. The molecule has 1 unspecified atom stereocenters. The molecule has 0 saturated carbocycles. The summed E-state index contributed by atoms with van der Waals surface area (Å²) in [7, 11) is 0. The molecule has 5 nitrogen and oxygen atoms in total. The van der Waals surface area contributed by atoms with Crippen molar-refractivity contribution >= 4 is 11.9 Å². The van der Waals surface area contributed by atoms with E-state index in [9.17, 15) is 9.59 Å². The van der Waals surface area contributed by atoms with Gasteiger partial charge < -0.3 is 14.2 Å². The summed E-state index contributed by atoms with van der Waals surface area (Å²) in [6.07, 6.45) is 67.6. The highest BCUT2D eigenvalue weighted by molar-refractivity contribution is 5.70. The Morgan fingerprint density at radius 3 is 1.21 bits per heavy atom. The van der Waals surface area contributed by atoms with Gasteiger partial charge in [0.15, 0.2) is 6.10 Å². The lowest BCUT2D eigenvalue weighted by molar-refractivity contribution is -0.163. The molecular weight excluding hydrogens is 765 g/mol. The van der Waals surface area contributed by atoms with E-state index in [0.717, 1.165) is 83.5 Å². The maximum Gasteiger partial charge on any atom is 0.306 e. The second-order valence-corrected chi connectivity index (χ2v) is 17.4. The molecule has 0 bridgehead atoms. The van der Waals surface area contributed by atoms with Crippen LogP contribution in [0.15, 0.2) is 72.9 Å². The molecule has 5 heteroatoms. The van der Waals surface area contributed by atoms with E-state index in [0.29, 0.717) is 19.4 Å². The first-order valence-electron chi connectivity index (χ1n) is 26.5. The molecule has 0 aromatic carbocycles. The molecule has 0 saturated heterocycles. The van der Waals surface area contributed by atoms with Gasteiger partial charge in [0, 0.05) is 19.4 Å². The Morgan fingerprint density at radius 1 is 0.371 bits per heavy atom. The highest BCUT2D eigenvalue weighted by atomic mass is 16.6. The number of hydrogen-bond acceptors (Lipinski definition) is 5. The number of esters is 2. The minimum atomic E-state index is -0.552. The van der Waals surface area contributed by atoms with E-state index in [1.165, 1.54) is 135 Å². The molecule has 0 aliphatic carbocycles. The minimum Gasteiger partial charge on any atom is -0.462 e. The van der Waals surface area contributed by atoms with Crippen molar-refractivity contribution in [3.05, 3.63) is 72.9 Å². The maximum atomic E-state index is 12.8. The van der Waals surface area contributed by atoms with Gasteiger partial charge in [-0.1, -0.05) is 222 Å². The summed E-state index contributed by atoms with van der Waals surface area (Å²) >= 11 is 0. The van der Waals surface area contributed by atoms with Crippen LogP contribution in [0.2, 0.25) is 0 Å². The van der Waals surface area contributed by atoms with Crippen LogP contribution in [0.4, 0.5) is 0 Å². The Hall–Kier alpha value is -2.66. The monoisotopic (exact) mass is 865 g/mol. The highest BCUT2D eigenvalue weighted by Crippen LogP contribution is 2.15. The lowest BCUT2D eigenvalue weighted by Crippen LogP contribution is -2.30. The van der Waals surface area contributed by atoms with Crippen LogP contribution in [-0.2, 0) is 23.8 Å². The molecule has 0 N–H and O–H groups in total. The van der Waals surface area contributed by atoms with Crippen molar-refractivity contribution in [1.82, 2.24) is 0 Å². The average Bonchev–Trinajstić information content (AvgIpc) is 3.27. The van der Waals surface area contributed by atoms with Gasteiger partial charge in [-0.15, -0.1) is 0 Å². The van der Waals surface area contributed by atoms with E-state index in [1.807, 2.05) is 0 Å². The Kier molecular flexibility index (Phi) is 50.4. The van der Waals surface area contributed by atoms with Crippen LogP contribution >= 0.6 is 0 Å². The van der Waals surface area contributed by atoms with E-state index in [-0.39, 0.29) is 25.2 Å². The SMILES string of the molecule is CC/C=C\C/C=C\C/C=C\C/C=C\C/C=C\CCCCCC(=O)OCC(COCCCCCCCC/C=C\CCCCCC)OC(=O)CCCCCCCCCCCCCCC. The molecule has 0 amide bonds. The first-order valence-corrected chi connectivity index (χ1v) is 26.5. The Morgan fingerprint density at radius 2 is 0.726 bits per heavy atom. The van der Waals surface area contributed by atoms with Crippen LogP contribution in [0, 0.1) is 0 Å². The van der Waals surface area contributed by atoms with Crippen molar-refractivity contribution in [3.63, 3.8) is 0 Å². The van der Waals surface area contributed by atoms with Gasteiger partial charge in [0.2, 0.25) is 0 Å². The third kappa shape index (κ3) is 50.0. The smallest absolute Gasteiger partial charge is 0.306 e. The normalized spacial score (nSPS) is 12.8. The number of carbonyl (C=O) groups is 2. The topological polar surface area (TPSA) is 61.8 Å². The van der Waals surface area contributed by atoms with Crippen molar-refractivity contribution < 1.29 is 23.8 Å². The summed E-state index contributed by atoms with van der Waals surface area (Å²) in [6.45, 7) is 7.67. The Bertz CT molecular complexity index is 1110. The van der Waals surface area contributed by atoms with Crippen molar-refractivity contribution in [2.45, 2.75) is 258 Å². The first kappa shape index (κ1) is 59.3. The number of allylic oxidation sites excluding steroid dienone is 12. The van der Waals surface area contributed by atoms with Gasteiger partial charge in [-0.2, -0.15) is 0 Å². The fourth-order valence-corrected chi connectivity index (χ4v) is 7.30. The molecular formula is C57H100O5. The Labute approximate surface area is 385 Å². The summed E-state index contributed by atoms with van der Waals surface area (Å²) in [6, 6.07) is 0. The summed E-state index contributed by atoms with van der Waals surface area (Å²) in [5.41, 5.74) is 0. The van der Waals surface area contributed by atoms with E-state index < -0.39 is 6.10 Å². The third-order valence-corrected chi connectivity index (χ3v) is 11.2. The molecule has 358 valence electrons. The predicted octanol–water partition coefficient (Wildman–Crippen LogP) is 17.9. The summed E-state index contributed by atoms with van der Waals surface area (Å²) in [4.78, 5) is 25.4. The van der Waals surface area contributed by atoms with Gasteiger partial charge in [-0.3, -0.25) is 9.59 Å². The molecule has 0 aromatic rings. The summed E-state index contributed by atoms with van der Waals surface area (Å²) in [5, 5.41) is 0. The molecule has 0 aliphatic rings. The van der Waals surface area contributed by atoms with Crippen LogP contribution in [0.25, 0.3) is 0 Å². The van der Waals surface area contributed by atoms with Crippen molar-refractivity contribution in [3.8, 4) is 0 Å². The molecule has 0 rings (SSSR count). The number of rotatable bonds is 48. The van der Waals surface area contributed by atoms with Gasteiger partial charge in [-0.05, 0) is 89.9 Å². The Balaban J connectivity index is 4.32. The summed E-state index contributed by atoms with van der Waals surface area (Å²) < 4.78 is 17.4. The molecule has 0 spiro atoms. The van der Waals surface area contributed by atoms with Gasteiger partial charge in [0.1, 0.15) is 6.61 Å². The molecule has 0 aromatic heterocycles. The second kappa shape index (κ2) is 52.7. The van der Waals surface area contributed by atoms with Gasteiger partial charge in [0.05, 0.1) is 6.61 Å². The van der Waals surface area contributed by atoms with E-state index in [1.54, 1.807) is 0 Å². The summed E-state index contributed by atoms with van der Waals surface area (Å²) in [5.74, 6) is -0.431. The molecule has 0 fully saturated rings. The zero-order valence-corrected chi connectivity index (χ0v) is 41.1. The molecule has 0 radical (unpaired) electrons. The third-order valence-electron chi connectivity index (χ3n) is 11.2. The van der Waals surface area contributed by atoms with Crippen molar-refractivity contribution in [2.24, 2.45) is 0 Å². The van der Waals surface area contributed by atoms with Gasteiger partial charge in [-0.25, -0.2) is 0 Å². The minimum absolute atomic E-state index is 0.0659. The quantitative estimate of drug-likeness (QED) is 0.0346. The number of ether oxygens (including phenoxy) is 3. The van der Waals surface area contributed by atoms with Crippen LogP contribution in [0.5, 0.6) is 0 Å². The zero-order chi connectivity index (χ0) is 44.9. The largest absolute Gasteiger partial charge is 0.462 e. The lowest BCUT2D eigenvalue weighted by atomic mass is 10.0. The van der Waals surface area contributed by atoms with Crippen LogP contribution < -0.4 is 0 Å². The van der Waals surface area contributed by atoms with E-state index in [2.05, 4.69) is 93.7 Å². The number of unbranched alkanes of at least 4 members (excludes halogenated alkanes) is 25. The van der Waals surface area contributed by atoms with Crippen molar-refractivity contribution in [2.75, 3.05) is 19.8 Å². The standard InChI is InChI=1S/C57H100O5/c1-4-7-10-13-16-19-22-25-27-28-29-30-31-33-35-38-41-44-47-50-56(58)61-54-55(53-60-52-49-46-43-40-37-34-26-23-20-17-14-11-8-5-2)62-57(59)51-48-45-42-39-36-32-24-21-18-15-12-9-6-3/h7,10,16,19-20,23,25,27,29-30,33,35,55H,4-6,8-9,11-15,17-18,21-22,24,26,28,31-32,34,36-54H2,1-3H3/b10-7-,19-16-,23-20-,27-25-,30-29-,35-33-. The van der Waals surface area contributed by atoms with Crippen molar-refractivity contribution in [1.29, 1.82) is 0 Å². The number of carbonyl (C=O) groups excluding carboxylic acids is 2. The van der Waals surface area contributed by atoms with Gasteiger partial charge >= 0.3 is 11.9 Å². The highest BCUT2D eigenvalue weighted by Gasteiger charge is 2.17. The molecule has 62 heavy (non-hydrogen) atoms. The second-order valence-electron chi connectivity index (χ2n) is 17.4. The van der Waals surface area contributed by atoms with Crippen LogP contribution in [0.1, 0.15) is 252 Å². The lowest BCUT2D eigenvalue weighted by Gasteiger charge is -2.18. The zero-order valence-electron chi connectivity index (χ0n) is 41.1. The van der Waals surface area contributed by atoms with Crippen LogP contribution in [-0.4, -0.2) is 37.9 Å². The fourth-order valence-electron chi connectivity index (χ4n) is 7.30. The predicted molar refractivity (Wildman–Crippen MR) is 270 cm³/mol.